The lowest BCUT2D eigenvalue weighted by Gasteiger charge is -2.16. The van der Waals surface area contributed by atoms with Gasteiger partial charge in [-0.1, -0.05) is 12.1 Å². The molecule has 0 spiro atoms. The molecule has 2 rings (SSSR count). The molecular formula is C14H15BrN2O. The molecule has 1 N–H and O–H groups in total. The monoisotopic (exact) mass is 306 g/mol. The number of aromatic nitrogens is 1. The van der Waals surface area contributed by atoms with Gasteiger partial charge in [-0.25, -0.2) is 0 Å². The van der Waals surface area contributed by atoms with E-state index < -0.39 is 0 Å². The highest BCUT2D eigenvalue weighted by molar-refractivity contribution is 9.10. The van der Waals surface area contributed by atoms with E-state index in [2.05, 4.69) is 26.2 Å². The summed E-state index contributed by atoms with van der Waals surface area (Å²) in [5, 5.41) is 3.27. The minimum atomic E-state index is 0.0870. The van der Waals surface area contributed by atoms with Gasteiger partial charge in [0.25, 0.3) is 0 Å². The summed E-state index contributed by atoms with van der Waals surface area (Å²) in [6.45, 7) is 0. The molecule has 1 aromatic heterocycles. The van der Waals surface area contributed by atoms with E-state index in [1.165, 1.54) is 0 Å². The zero-order chi connectivity index (χ0) is 13.0. The second-order valence-corrected chi connectivity index (χ2v) is 4.81. The first-order chi connectivity index (χ1) is 8.74. The van der Waals surface area contributed by atoms with Crippen LogP contribution in [0, 0.1) is 0 Å². The van der Waals surface area contributed by atoms with Crippen molar-refractivity contribution in [2.24, 2.45) is 0 Å². The topological polar surface area (TPSA) is 34.1 Å². The lowest BCUT2D eigenvalue weighted by Crippen LogP contribution is -2.18. The molecule has 1 aromatic carbocycles. The van der Waals surface area contributed by atoms with Crippen LogP contribution in [-0.4, -0.2) is 19.1 Å². The Hall–Kier alpha value is -1.39. The molecule has 1 atom stereocenters. The zero-order valence-corrected chi connectivity index (χ0v) is 11.9. The van der Waals surface area contributed by atoms with Crippen molar-refractivity contribution < 1.29 is 4.74 Å². The SMILES string of the molecule is CNC(c1ccc(OC)cc1)c1ccc(Br)cn1. The summed E-state index contributed by atoms with van der Waals surface area (Å²) in [6.07, 6.45) is 1.81. The lowest BCUT2D eigenvalue weighted by molar-refractivity contribution is 0.414. The molecule has 1 heterocycles. The smallest absolute Gasteiger partial charge is 0.118 e. The number of nitrogens with one attached hydrogen (secondary N) is 1. The fourth-order valence-corrected chi connectivity index (χ4v) is 2.07. The number of nitrogens with zero attached hydrogens (tertiary/aromatic N) is 1. The molecule has 1 unspecified atom stereocenters. The number of pyridine rings is 1. The Morgan fingerprint density at radius 2 is 1.89 bits per heavy atom. The van der Waals surface area contributed by atoms with Crippen LogP contribution in [0.25, 0.3) is 0 Å². The quantitative estimate of drug-likeness (QED) is 0.942. The van der Waals surface area contributed by atoms with Gasteiger partial charge in [0.05, 0.1) is 18.8 Å². The fourth-order valence-electron chi connectivity index (χ4n) is 1.84. The maximum atomic E-state index is 5.16. The number of rotatable bonds is 4. The number of methoxy groups -OCH3 is 1. The van der Waals surface area contributed by atoms with Crippen molar-refractivity contribution in [1.82, 2.24) is 10.3 Å². The summed E-state index contributed by atoms with van der Waals surface area (Å²) in [6, 6.07) is 12.1. The highest BCUT2D eigenvalue weighted by Gasteiger charge is 2.12. The fraction of sp³-hybridized carbons (Fsp3) is 0.214. The van der Waals surface area contributed by atoms with Gasteiger partial charge in [-0.15, -0.1) is 0 Å². The predicted octanol–water partition coefficient (Wildman–Crippen LogP) is 3.16. The van der Waals surface area contributed by atoms with Crippen LogP contribution in [0.1, 0.15) is 17.3 Å². The molecule has 0 radical (unpaired) electrons. The summed E-state index contributed by atoms with van der Waals surface area (Å²) < 4.78 is 6.14. The van der Waals surface area contributed by atoms with Gasteiger partial charge >= 0.3 is 0 Å². The summed E-state index contributed by atoms with van der Waals surface area (Å²) in [5.74, 6) is 0.859. The normalized spacial score (nSPS) is 12.2. The highest BCUT2D eigenvalue weighted by atomic mass is 79.9. The van der Waals surface area contributed by atoms with Crippen molar-refractivity contribution in [3.05, 3.63) is 58.3 Å². The maximum Gasteiger partial charge on any atom is 0.118 e. The van der Waals surface area contributed by atoms with Crippen molar-refractivity contribution in [2.75, 3.05) is 14.2 Å². The predicted molar refractivity (Wildman–Crippen MR) is 75.8 cm³/mol. The summed E-state index contributed by atoms with van der Waals surface area (Å²) >= 11 is 3.39. The van der Waals surface area contributed by atoms with Crippen LogP contribution in [0.4, 0.5) is 0 Å². The van der Waals surface area contributed by atoms with Crippen LogP contribution in [0.2, 0.25) is 0 Å². The molecule has 0 aliphatic heterocycles. The van der Waals surface area contributed by atoms with Crippen molar-refractivity contribution in [1.29, 1.82) is 0 Å². The second-order valence-electron chi connectivity index (χ2n) is 3.90. The van der Waals surface area contributed by atoms with E-state index in [-0.39, 0.29) is 6.04 Å². The standard InChI is InChI=1S/C14H15BrN2O/c1-16-14(13-8-5-11(15)9-17-13)10-3-6-12(18-2)7-4-10/h3-9,14,16H,1-2H3. The number of halogens is 1. The molecule has 0 aliphatic rings. The van der Waals surface area contributed by atoms with Gasteiger partial charge in [0, 0.05) is 10.7 Å². The number of ether oxygens (including phenoxy) is 1. The zero-order valence-electron chi connectivity index (χ0n) is 10.4. The Morgan fingerprint density at radius 3 is 2.39 bits per heavy atom. The molecule has 0 bridgehead atoms. The van der Waals surface area contributed by atoms with E-state index in [9.17, 15) is 0 Å². The van der Waals surface area contributed by atoms with Gasteiger partial charge in [-0.3, -0.25) is 4.98 Å². The van der Waals surface area contributed by atoms with Gasteiger partial charge in [-0.2, -0.15) is 0 Å². The molecule has 94 valence electrons. The molecular weight excluding hydrogens is 292 g/mol. The summed E-state index contributed by atoms with van der Waals surface area (Å²) in [7, 11) is 3.60. The van der Waals surface area contributed by atoms with E-state index in [0.29, 0.717) is 0 Å². The number of hydrogen-bond donors (Lipinski definition) is 1. The van der Waals surface area contributed by atoms with Gasteiger partial charge in [0.1, 0.15) is 5.75 Å². The van der Waals surface area contributed by atoms with Crippen LogP contribution in [0.5, 0.6) is 5.75 Å². The highest BCUT2D eigenvalue weighted by Crippen LogP contribution is 2.23. The number of benzene rings is 1. The molecule has 0 fully saturated rings. The second kappa shape index (κ2) is 5.98. The third kappa shape index (κ3) is 2.89. The molecule has 4 heteroatoms. The van der Waals surface area contributed by atoms with Crippen molar-refractivity contribution in [2.45, 2.75) is 6.04 Å². The Labute approximate surface area is 115 Å². The molecule has 18 heavy (non-hydrogen) atoms. The van der Waals surface area contributed by atoms with Crippen LogP contribution in [0.15, 0.2) is 47.1 Å². The summed E-state index contributed by atoms with van der Waals surface area (Å²) in [5.41, 5.74) is 2.15. The molecule has 3 nitrogen and oxygen atoms in total. The minimum absolute atomic E-state index is 0.0870. The van der Waals surface area contributed by atoms with Gasteiger partial charge < -0.3 is 10.1 Å². The summed E-state index contributed by atoms with van der Waals surface area (Å²) in [4.78, 5) is 4.43. The van der Waals surface area contributed by atoms with E-state index in [0.717, 1.165) is 21.5 Å². The average Bonchev–Trinajstić information content (AvgIpc) is 2.42. The Balaban J connectivity index is 2.29. The van der Waals surface area contributed by atoms with Crippen molar-refractivity contribution in [3.8, 4) is 5.75 Å². The molecule has 2 aromatic rings. The van der Waals surface area contributed by atoms with Crippen molar-refractivity contribution >= 4 is 15.9 Å². The van der Waals surface area contributed by atoms with Crippen LogP contribution in [-0.2, 0) is 0 Å². The molecule has 0 aliphatic carbocycles. The van der Waals surface area contributed by atoms with Crippen LogP contribution in [0.3, 0.4) is 0 Å². The third-order valence-electron chi connectivity index (χ3n) is 2.78. The first kappa shape index (κ1) is 13.1. The molecule has 0 saturated heterocycles. The van der Waals surface area contributed by atoms with Crippen LogP contribution >= 0.6 is 15.9 Å². The minimum Gasteiger partial charge on any atom is -0.497 e. The van der Waals surface area contributed by atoms with Gasteiger partial charge in [0.2, 0.25) is 0 Å². The molecule has 0 amide bonds. The largest absolute Gasteiger partial charge is 0.497 e. The van der Waals surface area contributed by atoms with Gasteiger partial charge in [0.15, 0.2) is 0 Å². The Morgan fingerprint density at radius 1 is 1.17 bits per heavy atom. The van der Waals surface area contributed by atoms with E-state index in [4.69, 9.17) is 4.74 Å². The third-order valence-corrected chi connectivity index (χ3v) is 3.25. The van der Waals surface area contributed by atoms with E-state index in [1.807, 2.05) is 49.6 Å². The first-order valence-corrected chi connectivity index (χ1v) is 6.46. The van der Waals surface area contributed by atoms with Crippen molar-refractivity contribution in [3.63, 3.8) is 0 Å². The Bertz CT molecular complexity index is 496. The van der Waals surface area contributed by atoms with E-state index >= 15 is 0 Å². The number of hydrogen-bond acceptors (Lipinski definition) is 3. The van der Waals surface area contributed by atoms with Gasteiger partial charge in [-0.05, 0) is 52.8 Å². The maximum absolute atomic E-state index is 5.16. The first-order valence-electron chi connectivity index (χ1n) is 5.67. The lowest BCUT2D eigenvalue weighted by atomic mass is 10.0. The average molecular weight is 307 g/mol. The van der Waals surface area contributed by atoms with Crippen LogP contribution < -0.4 is 10.1 Å². The Kier molecular flexibility index (Phi) is 4.33. The van der Waals surface area contributed by atoms with E-state index in [1.54, 1.807) is 7.11 Å². The molecule has 0 saturated carbocycles.